The largest absolute Gasteiger partial charge is 0.378 e. The molecule has 1 unspecified atom stereocenters. The van der Waals surface area contributed by atoms with Crippen LogP contribution in [-0.4, -0.2) is 18.6 Å². The number of ether oxygens (including phenoxy) is 1. The molecule has 1 aromatic carbocycles. The summed E-state index contributed by atoms with van der Waals surface area (Å²) in [6.45, 7) is 3.38. The molecule has 5 heteroatoms. The first-order valence-corrected chi connectivity index (χ1v) is 8.01. The van der Waals surface area contributed by atoms with Crippen molar-refractivity contribution < 1.29 is 9.53 Å². The van der Waals surface area contributed by atoms with Gasteiger partial charge in [0.25, 0.3) is 0 Å². The van der Waals surface area contributed by atoms with Crippen LogP contribution in [0.1, 0.15) is 48.8 Å². The number of halogens is 1. The minimum Gasteiger partial charge on any atom is -0.378 e. The number of nitrogens with one attached hydrogen (secondary N) is 2. The predicted molar refractivity (Wildman–Crippen MR) is 88.9 cm³/mol. The van der Waals surface area contributed by atoms with Crippen LogP contribution < -0.4 is 10.6 Å². The van der Waals surface area contributed by atoms with Crippen LogP contribution >= 0.6 is 12.4 Å². The molecule has 4 nitrogen and oxygen atoms in total. The van der Waals surface area contributed by atoms with Crippen LogP contribution in [0.4, 0.5) is 0 Å². The first-order valence-electron chi connectivity index (χ1n) is 8.01. The normalized spacial score (nSPS) is 20.1. The topological polar surface area (TPSA) is 50.4 Å². The summed E-state index contributed by atoms with van der Waals surface area (Å²) < 4.78 is 5.65. The summed E-state index contributed by atoms with van der Waals surface area (Å²) in [5.74, 6) is 0.128. The molecular weight excluding hydrogens is 300 g/mol. The second-order valence-electron chi connectivity index (χ2n) is 6.01. The molecule has 2 heterocycles. The summed E-state index contributed by atoms with van der Waals surface area (Å²) >= 11 is 0. The number of benzene rings is 1. The van der Waals surface area contributed by atoms with Crippen LogP contribution in [-0.2, 0) is 29.2 Å². The molecule has 0 saturated carbocycles. The highest BCUT2D eigenvalue weighted by atomic mass is 35.5. The van der Waals surface area contributed by atoms with Gasteiger partial charge in [0.2, 0.25) is 5.91 Å². The Kier molecular flexibility index (Phi) is 6.68. The van der Waals surface area contributed by atoms with Crippen LogP contribution in [0.2, 0.25) is 0 Å². The van der Waals surface area contributed by atoms with Gasteiger partial charge >= 0.3 is 0 Å². The molecule has 0 spiro atoms. The van der Waals surface area contributed by atoms with Crippen LogP contribution in [0.5, 0.6) is 0 Å². The Hall–Kier alpha value is -1.10. The molecule has 1 saturated heterocycles. The number of hydrogen-bond donors (Lipinski definition) is 2. The van der Waals surface area contributed by atoms with Crippen molar-refractivity contribution in [1.29, 1.82) is 0 Å². The maximum Gasteiger partial charge on any atom is 0.220 e. The van der Waals surface area contributed by atoms with E-state index in [9.17, 15) is 4.79 Å². The van der Waals surface area contributed by atoms with Crippen molar-refractivity contribution in [2.24, 2.45) is 0 Å². The van der Waals surface area contributed by atoms with Crippen molar-refractivity contribution in [2.45, 2.75) is 57.8 Å². The Morgan fingerprint density at radius 1 is 1.27 bits per heavy atom. The SMILES string of the molecule is Cl.O=C(CCC1CCCCO1)NCc1ccc2c(c1)CNC2. The lowest BCUT2D eigenvalue weighted by Crippen LogP contribution is -2.26. The smallest absolute Gasteiger partial charge is 0.220 e. The maximum atomic E-state index is 11.9. The quantitative estimate of drug-likeness (QED) is 0.875. The zero-order chi connectivity index (χ0) is 14.5. The number of amides is 1. The summed E-state index contributed by atoms with van der Waals surface area (Å²) in [6, 6.07) is 6.46. The summed E-state index contributed by atoms with van der Waals surface area (Å²) in [6.07, 6.45) is 5.20. The number of hydrogen-bond acceptors (Lipinski definition) is 3. The third-order valence-corrected chi connectivity index (χ3v) is 4.36. The molecule has 3 rings (SSSR count). The van der Waals surface area contributed by atoms with Gasteiger partial charge in [0.1, 0.15) is 0 Å². The Morgan fingerprint density at radius 3 is 2.95 bits per heavy atom. The fraction of sp³-hybridized carbons (Fsp3) is 0.588. The molecule has 0 aromatic heterocycles. The Labute approximate surface area is 138 Å². The molecule has 1 atom stereocenters. The molecule has 2 N–H and O–H groups in total. The monoisotopic (exact) mass is 324 g/mol. The number of carbonyl (C=O) groups is 1. The molecule has 2 aliphatic rings. The molecule has 1 amide bonds. The highest BCUT2D eigenvalue weighted by molar-refractivity contribution is 5.85. The van der Waals surface area contributed by atoms with Gasteiger partial charge in [-0.3, -0.25) is 4.79 Å². The lowest BCUT2D eigenvalue weighted by molar-refractivity contribution is -0.122. The second-order valence-corrected chi connectivity index (χ2v) is 6.01. The number of carbonyl (C=O) groups excluding carboxylic acids is 1. The molecule has 1 fully saturated rings. The van der Waals surface area contributed by atoms with Gasteiger partial charge in [-0.2, -0.15) is 0 Å². The summed E-state index contributed by atoms with van der Waals surface area (Å²) in [4.78, 5) is 11.9. The average Bonchev–Trinajstić information content (AvgIpc) is 2.99. The maximum absolute atomic E-state index is 11.9. The molecule has 0 bridgehead atoms. The minimum atomic E-state index is 0. The van der Waals surface area contributed by atoms with Crippen molar-refractivity contribution in [3.8, 4) is 0 Å². The Morgan fingerprint density at radius 2 is 2.14 bits per heavy atom. The molecular formula is C17H25ClN2O2. The molecule has 0 aliphatic carbocycles. The highest BCUT2D eigenvalue weighted by Gasteiger charge is 2.15. The van der Waals surface area contributed by atoms with Gasteiger partial charge in [0.15, 0.2) is 0 Å². The van der Waals surface area contributed by atoms with E-state index in [2.05, 4.69) is 28.8 Å². The van der Waals surface area contributed by atoms with Crippen LogP contribution in [0, 0.1) is 0 Å². The lowest BCUT2D eigenvalue weighted by atomic mass is 10.0. The van der Waals surface area contributed by atoms with Gasteiger partial charge in [0.05, 0.1) is 6.10 Å². The zero-order valence-corrected chi connectivity index (χ0v) is 13.7. The molecule has 1 aromatic rings. The Balaban J connectivity index is 0.00000176. The zero-order valence-electron chi connectivity index (χ0n) is 12.9. The van der Waals surface area contributed by atoms with E-state index in [0.29, 0.717) is 13.0 Å². The van der Waals surface area contributed by atoms with E-state index in [1.165, 1.54) is 23.1 Å². The van der Waals surface area contributed by atoms with Gasteiger partial charge < -0.3 is 15.4 Å². The fourth-order valence-corrected chi connectivity index (χ4v) is 3.07. The van der Waals surface area contributed by atoms with Gasteiger partial charge in [0, 0.05) is 32.7 Å². The fourth-order valence-electron chi connectivity index (χ4n) is 3.07. The minimum absolute atomic E-state index is 0. The molecule has 22 heavy (non-hydrogen) atoms. The van der Waals surface area contributed by atoms with Crippen LogP contribution in [0.25, 0.3) is 0 Å². The van der Waals surface area contributed by atoms with Crippen LogP contribution in [0.15, 0.2) is 18.2 Å². The van der Waals surface area contributed by atoms with E-state index in [4.69, 9.17) is 4.74 Å². The second kappa shape index (κ2) is 8.51. The van der Waals surface area contributed by atoms with Gasteiger partial charge in [-0.1, -0.05) is 18.2 Å². The van der Waals surface area contributed by atoms with Gasteiger partial charge in [-0.25, -0.2) is 0 Å². The average molecular weight is 325 g/mol. The third kappa shape index (κ3) is 4.70. The van der Waals surface area contributed by atoms with Gasteiger partial charge in [-0.05, 0) is 42.4 Å². The predicted octanol–water partition coefficient (Wildman–Crippen LogP) is 2.68. The van der Waals surface area contributed by atoms with Crippen molar-refractivity contribution >= 4 is 18.3 Å². The van der Waals surface area contributed by atoms with Crippen molar-refractivity contribution in [1.82, 2.24) is 10.6 Å². The first-order chi connectivity index (χ1) is 10.3. The highest BCUT2D eigenvalue weighted by Crippen LogP contribution is 2.18. The Bertz CT molecular complexity index is 501. The van der Waals surface area contributed by atoms with Crippen molar-refractivity contribution in [2.75, 3.05) is 6.61 Å². The van der Waals surface area contributed by atoms with Gasteiger partial charge in [-0.15, -0.1) is 12.4 Å². The lowest BCUT2D eigenvalue weighted by Gasteiger charge is -2.22. The van der Waals surface area contributed by atoms with E-state index in [0.717, 1.165) is 39.0 Å². The molecule has 0 radical (unpaired) electrons. The number of fused-ring (bicyclic) bond motifs is 1. The van der Waals surface area contributed by atoms with Crippen molar-refractivity contribution in [3.05, 3.63) is 34.9 Å². The van der Waals surface area contributed by atoms with E-state index in [1.807, 2.05) is 0 Å². The van der Waals surface area contributed by atoms with Crippen molar-refractivity contribution in [3.63, 3.8) is 0 Å². The molecule has 2 aliphatic heterocycles. The standard InChI is InChI=1S/C17H24N2O2.ClH/c20-17(7-6-16-3-1-2-8-21-16)19-10-13-4-5-14-11-18-12-15(14)9-13;/h4-5,9,16,18H,1-3,6-8,10-12H2,(H,19,20);1H. The molecule has 122 valence electrons. The van der Waals surface area contributed by atoms with E-state index < -0.39 is 0 Å². The summed E-state index contributed by atoms with van der Waals surface area (Å²) in [5, 5.41) is 6.35. The summed E-state index contributed by atoms with van der Waals surface area (Å²) in [5.41, 5.74) is 3.91. The van der Waals surface area contributed by atoms with E-state index >= 15 is 0 Å². The van der Waals surface area contributed by atoms with E-state index in [-0.39, 0.29) is 24.4 Å². The summed E-state index contributed by atoms with van der Waals surface area (Å²) in [7, 11) is 0. The van der Waals surface area contributed by atoms with Crippen LogP contribution in [0.3, 0.4) is 0 Å². The number of rotatable bonds is 5. The first kappa shape index (κ1) is 17.3. The third-order valence-electron chi connectivity index (χ3n) is 4.36. The van der Waals surface area contributed by atoms with E-state index in [1.54, 1.807) is 0 Å².